The minimum absolute atomic E-state index is 0.0500. The number of para-hydroxylation sites is 1. The monoisotopic (exact) mass is 458 g/mol. The van der Waals surface area contributed by atoms with Gasteiger partial charge >= 0.3 is 0 Å². The summed E-state index contributed by atoms with van der Waals surface area (Å²) in [5, 5.41) is 4.05. The molecule has 3 heterocycles. The van der Waals surface area contributed by atoms with Gasteiger partial charge in [0.1, 0.15) is 6.04 Å². The molecule has 2 aromatic carbocycles. The molecule has 1 unspecified atom stereocenters. The number of amides is 1. The topological polar surface area (TPSA) is 81.4 Å². The Bertz CT molecular complexity index is 1340. The Balaban J connectivity index is 1.48. The average molecular weight is 458 g/mol. The second-order valence-corrected chi connectivity index (χ2v) is 8.20. The van der Waals surface area contributed by atoms with E-state index in [1.807, 2.05) is 43.3 Å². The van der Waals surface area contributed by atoms with Gasteiger partial charge < -0.3 is 14.2 Å². The molecule has 34 heavy (non-hydrogen) atoms. The van der Waals surface area contributed by atoms with Crippen molar-refractivity contribution in [2.24, 2.45) is 0 Å². The maximum atomic E-state index is 14.1. The predicted molar refractivity (Wildman–Crippen MR) is 124 cm³/mol. The second kappa shape index (κ2) is 9.05. The third-order valence-electron chi connectivity index (χ3n) is 6.00. The SMILES string of the molecule is COc1c(F)cccc1-c1noc(C2CCCN2C(=O)c2cc(C)ccc2-c2ccccn2)n1. The van der Waals surface area contributed by atoms with Gasteiger partial charge in [0.2, 0.25) is 11.7 Å². The van der Waals surface area contributed by atoms with Crippen LogP contribution >= 0.6 is 0 Å². The molecule has 0 radical (unpaired) electrons. The van der Waals surface area contributed by atoms with Crippen LogP contribution in [0.1, 0.15) is 40.7 Å². The molecule has 0 aliphatic carbocycles. The van der Waals surface area contributed by atoms with E-state index in [0.717, 1.165) is 23.2 Å². The first-order valence-corrected chi connectivity index (χ1v) is 11.1. The van der Waals surface area contributed by atoms with Crippen LogP contribution in [0.5, 0.6) is 5.75 Å². The van der Waals surface area contributed by atoms with Gasteiger partial charge in [-0.15, -0.1) is 0 Å². The highest BCUT2D eigenvalue weighted by atomic mass is 19.1. The van der Waals surface area contributed by atoms with Crippen molar-refractivity contribution >= 4 is 5.91 Å². The molecule has 1 aliphatic heterocycles. The summed E-state index contributed by atoms with van der Waals surface area (Å²) >= 11 is 0. The van der Waals surface area contributed by atoms with Gasteiger partial charge in [-0.3, -0.25) is 9.78 Å². The number of carbonyl (C=O) groups excluding carboxylic acids is 1. The number of aryl methyl sites for hydroxylation is 1. The van der Waals surface area contributed by atoms with E-state index in [-0.39, 0.29) is 23.5 Å². The molecule has 0 bridgehead atoms. The van der Waals surface area contributed by atoms with Gasteiger partial charge in [0.25, 0.3) is 5.91 Å². The molecular weight excluding hydrogens is 435 g/mol. The largest absolute Gasteiger partial charge is 0.493 e. The Kier molecular flexibility index (Phi) is 5.79. The number of pyridine rings is 1. The Morgan fingerprint density at radius 1 is 1.15 bits per heavy atom. The molecule has 0 spiro atoms. The summed E-state index contributed by atoms with van der Waals surface area (Å²) in [6.07, 6.45) is 3.21. The number of rotatable bonds is 5. The Labute approximate surface area is 196 Å². The Morgan fingerprint density at radius 3 is 2.82 bits per heavy atom. The summed E-state index contributed by atoms with van der Waals surface area (Å²) < 4.78 is 24.9. The molecule has 0 saturated carbocycles. The summed E-state index contributed by atoms with van der Waals surface area (Å²) in [5.74, 6) is -0.0380. The molecule has 2 aromatic heterocycles. The van der Waals surface area contributed by atoms with Crippen molar-refractivity contribution in [1.29, 1.82) is 0 Å². The maximum Gasteiger partial charge on any atom is 0.255 e. The quantitative estimate of drug-likeness (QED) is 0.407. The number of carbonyl (C=O) groups is 1. The maximum absolute atomic E-state index is 14.1. The number of benzene rings is 2. The lowest BCUT2D eigenvalue weighted by Gasteiger charge is -2.23. The van der Waals surface area contributed by atoms with Gasteiger partial charge in [0.05, 0.1) is 18.4 Å². The minimum Gasteiger partial charge on any atom is -0.493 e. The van der Waals surface area contributed by atoms with Gasteiger partial charge in [-0.25, -0.2) is 4.39 Å². The van der Waals surface area contributed by atoms with Crippen LogP contribution in [0.2, 0.25) is 0 Å². The highest BCUT2D eigenvalue weighted by Gasteiger charge is 2.36. The van der Waals surface area contributed by atoms with Crippen LogP contribution < -0.4 is 4.74 Å². The van der Waals surface area contributed by atoms with Crippen molar-refractivity contribution in [3.63, 3.8) is 0 Å². The molecule has 1 atom stereocenters. The van der Waals surface area contributed by atoms with E-state index < -0.39 is 5.82 Å². The van der Waals surface area contributed by atoms with Crippen LogP contribution in [0.25, 0.3) is 22.6 Å². The number of likely N-dealkylation sites (tertiary alicyclic amines) is 1. The van der Waals surface area contributed by atoms with Gasteiger partial charge in [-0.05, 0) is 50.1 Å². The fraction of sp³-hybridized carbons (Fsp3) is 0.231. The molecule has 1 amide bonds. The van der Waals surface area contributed by atoms with E-state index in [1.165, 1.54) is 13.2 Å². The van der Waals surface area contributed by atoms with E-state index in [9.17, 15) is 9.18 Å². The minimum atomic E-state index is -0.509. The summed E-state index contributed by atoms with van der Waals surface area (Å²) in [7, 11) is 1.39. The highest BCUT2D eigenvalue weighted by molar-refractivity contribution is 6.01. The van der Waals surface area contributed by atoms with Gasteiger partial charge in [0, 0.05) is 23.9 Å². The molecule has 0 N–H and O–H groups in total. The molecule has 8 heteroatoms. The molecule has 172 valence electrons. The first-order chi connectivity index (χ1) is 16.6. The van der Waals surface area contributed by atoms with Crippen LogP contribution in [0.4, 0.5) is 4.39 Å². The number of hydrogen-bond donors (Lipinski definition) is 0. The summed E-state index contributed by atoms with van der Waals surface area (Å²) in [6, 6.07) is 15.6. The standard InChI is InChI=1S/C26H23FN4O3/c1-16-11-12-17(21-9-3-4-13-28-21)19(15-16)26(32)31-14-6-10-22(31)25-29-24(30-34-25)18-7-5-8-20(27)23(18)33-2/h3-5,7-9,11-13,15,22H,6,10,14H2,1-2H3. The first-order valence-electron chi connectivity index (χ1n) is 11.1. The normalized spacial score (nSPS) is 15.5. The number of methoxy groups -OCH3 is 1. The predicted octanol–water partition coefficient (Wildman–Crippen LogP) is 5.23. The van der Waals surface area contributed by atoms with Crippen molar-refractivity contribution in [2.75, 3.05) is 13.7 Å². The van der Waals surface area contributed by atoms with Crippen LogP contribution in [-0.2, 0) is 0 Å². The van der Waals surface area contributed by atoms with Crippen LogP contribution in [-0.4, -0.2) is 39.6 Å². The third-order valence-corrected chi connectivity index (χ3v) is 6.00. The van der Waals surface area contributed by atoms with Crippen molar-refractivity contribution in [1.82, 2.24) is 20.0 Å². The first kappa shape index (κ1) is 21.8. The molecule has 1 aliphatic rings. The summed E-state index contributed by atoms with van der Waals surface area (Å²) in [4.78, 5) is 24.4. The third kappa shape index (κ3) is 3.91. The summed E-state index contributed by atoms with van der Waals surface area (Å²) in [5.41, 5.74) is 3.47. The number of aromatic nitrogens is 3. The zero-order valence-electron chi connectivity index (χ0n) is 18.9. The Morgan fingerprint density at radius 2 is 2.03 bits per heavy atom. The number of halogens is 1. The van der Waals surface area contributed by atoms with E-state index in [4.69, 9.17) is 9.26 Å². The van der Waals surface area contributed by atoms with E-state index in [1.54, 1.807) is 23.2 Å². The lowest BCUT2D eigenvalue weighted by molar-refractivity contribution is 0.0710. The van der Waals surface area contributed by atoms with Crippen molar-refractivity contribution in [2.45, 2.75) is 25.8 Å². The fourth-order valence-electron chi connectivity index (χ4n) is 4.37. The highest BCUT2D eigenvalue weighted by Crippen LogP contribution is 2.36. The fourth-order valence-corrected chi connectivity index (χ4v) is 4.37. The molecule has 5 rings (SSSR count). The number of ether oxygens (including phenoxy) is 1. The zero-order chi connectivity index (χ0) is 23.7. The molecule has 1 fully saturated rings. The van der Waals surface area contributed by atoms with Crippen LogP contribution in [0, 0.1) is 12.7 Å². The molecule has 4 aromatic rings. The lowest BCUT2D eigenvalue weighted by Crippen LogP contribution is -2.31. The van der Waals surface area contributed by atoms with E-state index >= 15 is 0 Å². The van der Waals surface area contributed by atoms with Crippen molar-refractivity contribution < 1.29 is 18.4 Å². The van der Waals surface area contributed by atoms with Gasteiger partial charge in [-0.1, -0.05) is 35.0 Å². The second-order valence-electron chi connectivity index (χ2n) is 8.20. The van der Waals surface area contributed by atoms with E-state index in [2.05, 4.69) is 15.1 Å². The van der Waals surface area contributed by atoms with E-state index in [0.29, 0.717) is 30.0 Å². The van der Waals surface area contributed by atoms with Crippen LogP contribution in [0.15, 0.2) is 65.3 Å². The zero-order valence-corrected chi connectivity index (χ0v) is 18.9. The van der Waals surface area contributed by atoms with Crippen molar-refractivity contribution in [3.8, 4) is 28.4 Å². The van der Waals surface area contributed by atoms with Gasteiger partial charge in [0.15, 0.2) is 11.6 Å². The lowest BCUT2D eigenvalue weighted by atomic mass is 10.00. The molecular formula is C26H23FN4O3. The Hall–Kier alpha value is -4.07. The smallest absolute Gasteiger partial charge is 0.255 e. The molecule has 7 nitrogen and oxygen atoms in total. The van der Waals surface area contributed by atoms with Crippen molar-refractivity contribution in [3.05, 3.63) is 83.6 Å². The number of nitrogens with zero attached hydrogens (tertiary/aromatic N) is 4. The van der Waals surface area contributed by atoms with Crippen LogP contribution in [0.3, 0.4) is 0 Å². The van der Waals surface area contributed by atoms with Gasteiger partial charge in [-0.2, -0.15) is 4.98 Å². The summed E-state index contributed by atoms with van der Waals surface area (Å²) in [6.45, 7) is 2.53. The number of hydrogen-bond acceptors (Lipinski definition) is 6. The average Bonchev–Trinajstić information content (AvgIpc) is 3.54. The molecule has 1 saturated heterocycles.